The minimum atomic E-state index is -0.822. The van der Waals surface area contributed by atoms with Crippen LogP contribution >= 0.6 is 0 Å². The van der Waals surface area contributed by atoms with E-state index < -0.39 is 12.1 Å². The van der Waals surface area contributed by atoms with E-state index in [1.807, 2.05) is 44.2 Å². The van der Waals surface area contributed by atoms with Gasteiger partial charge in [0, 0.05) is 17.7 Å². The van der Waals surface area contributed by atoms with Crippen molar-refractivity contribution in [2.45, 2.75) is 66.5 Å². The highest BCUT2D eigenvalue weighted by molar-refractivity contribution is 5.77. The van der Waals surface area contributed by atoms with Crippen LogP contribution in [0.3, 0.4) is 0 Å². The molecule has 0 bridgehead atoms. The van der Waals surface area contributed by atoms with Gasteiger partial charge >= 0.3 is 5.97 Å². The Morgan fingerprint density at radius 3 is 2.47 bits per heavy atom. The van der Waals surface area contributed by atoms with E-state index in [1.54, 1.807) is 0 Å². The van der Waals surface area contributed by atoms with E-state index in [2.05, 4.69) is 43.5 Å². The molecule has 2 aromatic carbocycles. The van der Waals surface area contributed by atoms with Gasteiger partial charge in [0.15, 0.2) is 5.65 Å². The molecule has 2 aromatic heterocycles. The molecule has 0 fully saturated rings. The molecule has 36 heavy (non-hydrogen) atoms. The Hall–Kier alpha value is -3.67. The van der Waals surface area contributed by atoms with Gasteiger partial charge in [-0.2, -0.15) is 0 Å². The lowest BCUT2D eigenvalue weighted by atomic mass is 10.0. The smallest absolute Gasteiger partial charge is 0.351 e. The molecule has 4 rings (SSSR count). The third-order valence-electron chi connectivity index (χ3n) is 6.53. The highest BCUT2D eigenvalue weighted by atomic mass is 16.6. The molecule has 4 aromatic rings. The Morgan fingerprint density at radius 1 is 1.00 bits per heavy atom. The quantitative estimate of drug-likeness (QED) is 0.264. The van der Waals surface area contributed by atoms with Crippen molar-refractivity contribution in [2.75, 3.05) is 7.11 Å². The summed E-state index contributed by atoms with van der Waals surface area (Å²) in [6.07, 6.45) is 1.81. The standard InChI is InChI=1S/C30H35N3O3/c1-7-11-23-17-22(18-33-26(8-2)32-27-20(4)16-21(5)31-29(27)33)14-15-25(23)36-28(30(34)35-6)24-13-10-9-12-19(24)3/h9-10,12-17,28H,7-8,11,18H2,1-6H3. The number of imidazole rings is 1. The number of aromatic nitrogens is 3. The summed E-state index contributed by atoms with van der Waals surface area (Å²) >= 11 is 0. The number of rotatable bonds is 9. The Morgan fingerprint density at radius 2 is 1.78 bits per heavy atom. The lowest BCUT2D eigenvalue weighted by Gasteiger charge is -2.21. The molecule has 188 valence electrons. The maximum atomic E-state index is 12.7. The van der Waals surface area contributed by atoms with Gasteiger partial charge in [-0.25, -0.2) is 14.8 Å². The average molecular weight is 486 g/mol. The number of ether oxygens (including phenoxy) is 2. The van der Waals surface area contributed by atoms with E-state index in [0.717, 1.165) is 69.8 Å². The molecule has 6 heteroatoms. The molecule has 0 amide bonds. The number of esters is 1. The Bertz CT molecular complexity index is 1390. The maximum Gasteiger partial charge on any atom is 0.351 e. The molecule has 0 saturated heterocycles. The third kappa shape index (κ3) is 5.13. The van der Waals surface area contributed by atoms with Crippen molar-refractivity contribution in [3.63, 3.8) is 0 Å². The summed E-state index contributed by atoms with van der Waals surface area (Å²) in [5.74, 6) is 1.31. The van der Waals surface area contributed by atoms with Crippen molar-refractivity contribution in [1.29, 1.82) is 0 Å². The molecule has 0 spiro atoms. The first-order valence-electron chi connectivity index (χ1n) is 12.6. The van der Waals surface area contributed by atoms with Crippen molar-refractivity contribution in [1.82, 2.24) is 14.5 Å². The normalized spacial score (nSPS) is 12.1. The summed E-state index contributed by atoms with van der Waals surface area (Å²) < 4.78 is 13.7. The van der Waals surface area contributed by atoms with Crippen LogP contribution < -0.4 is 4.74 Å². The Balaban J connectivity index is 1.71. The van der Waals surface area contributed by atoms with Crippen molar-refractivity contribution < 1.29 is 14.3 Å². The second-order valence-corrected chi connectivity index (χ2v) is 9.29. The van der Waals surface area contributed by atoms with Gasteiger partial charge in [-0.15, -0.1) is 0 Å². The number of carbonyl (C=O) groups excluding carboxylic acids is 1. The zero-order valence-electron chi connectivity index (χ0n) is 22.1. The predicted octanol–water partition coefficient (Wildman–Crippen LogP) is 6.21. The lowest BCUT2D eigenvalue weighted by molar-refractivity contribution is -0.149. The average Bonchev–Trinajstić information content (AvgIpc) is 3.21. The number of methoxy groups -OCH3 is 1. The van der Waals surface area contributed by atoms with Crippen molar-refractivity contribution in [3.8, 4) is 5.75 Å². The molecular weight excluding hydrogens is 450 g/mol. The van der Waals surface area contributed by atoms with Gasteiger partial charge in [-0.3, -0.25) is 0 Å². The summed E-state index contributed by atoms with van der Waals surface area (Å²) in [6.45, 7) is 11.0. The minimum absolute atomic E-state index is 0.412. The Kier molecular flexibility index (Phi) is 7.73. The largest absolute Gasteiger partial charge is 0.474 e. The highest BCUT2D eigenvalue weighted by Crippen LogP contribution is 2.30. The number of pyridine rings is 1. The van der Waals surface area contributed by atoms with Gasteiger partial charge < -0.3 is 14.0 Å². The summed E-state index contributed by atoms with van der Waals surface area (Å²) in [6, 6.07) is 16.1. The van der Waals surface area contributed by atoms with Crippen molar-refractivity contribution in [3.05, 3.63) is 87.9 Å². The molecule has 0 radical (unpaired) electrons. The van der Waals surface area contributed by atoms with Crippen LogP contribution in [0.5, 0.6) is 5.75 Å². The van der Waals surface area contributed by atoms with Crippen LogP contribution in [0.2, 0.25) is 0 Å². The highest BCUT2D eigenvalue weighted by Gasteiger charge is 2.26. The summed E-state index contributed by atoms with van der Waals surface area (Å²) in [7, 11) is 1.39. The molecule has 0 aliphatic carbocycles. The molecule has 0 aliphatic heterocycles. The van der Waals surface area contributed by atoms with E-state index in [9.17, 15) is 4.79 Å². The predicted molar refractivity (Wildman–Crippen MR) is 142 cm³/mol. The number of hydrogen-bond donors (Lipinski definition) is 0. The first-order chi connectivity index (χ1) is 17.4. The maximum absolute atomic E-state index is 12.7. The molecular formula is C30H35N3O3. The summed E-state index contributed by atoms with van der Waals surface area (Å²) in [5.41, 5.74) is 8.03. The van der Waals surface area contributed by atoms with E-state index in [-0.39, 0.29) is 0 Å². The van der Waals surface area contributed by atoms with Crippen LogP contribution in [0.25, 0.3) is 11.2 Å². The van der Waals surface area contributed by atoms with Gasteiger partial charge in [0.25, 0.3) is 0 Å². The van der Waals surface area contributed by atoms with Crippen LogP contribution in [0, 0.1) is 20.8 Å². The molecule has 1 unspecified atom stereocenters. The van der Waals surface area contributed by atoms with Crippen LogP contribution in [-0.4, -0.2) is 27.6 Å². The van der Waals surface area contributed by atoms with Gasteiger partial charge in [0.05, 0.1) is 13.7 Å². The molecule has 2 heterocycles. The summed E-state index contributed by atoms with van der Waals surface area (Å²) in [5, 5.41) is 0. The van der Waals surface area contributed by atoms with E-state index >= 15 is 0 Å². The van der Waals surface area contributed by atoms with Crippen molar-refractivity contribution >= 4 is 17.1 Å². The number of hydrogen-bond acceptors (Lipinski definition) is 5. The van der Waals surface area contributed by atoms with E-state index in [0.29, 0.717) is 12.3 Å². The van der Waals surface area contributed by atoms with Crippen LogP contribution in [0.4, 0.5) is 0 Å². The van der Waals surface area contributed by atoms with Crippen LogP contribution in [0.15, 0.2) is 48.5 Å². The van der Waals surface area contributed by atoms with Gasteiger partial charge in [0.2, 0.25) is 6.10 Å². The van der Waals surface area contributed by atoms with E-state index in [1.165, 1.54) is 7.11 Å². The fourth-order valence-electron chi connectivity index (χ4n) is 4.73. The van der Waals surface area contributed by atoms with E-state index in [4.69, 9.17) is 19.4 Å². The zero-order valence-corrected chi connectivity index (χ0v) is 22.1. The molecule has 1 atom stereocenters. The van der Waals surface area contributed by atoms with Crippen LogP contribution in [0.1, 0.15) is 65.7 Å². The first-order valence-corrected chi connectivity index (χ1v) is 12.6. The number of fused-ring (bicyclic) bond motifs is 1. The summed E-state index contributed by atoms with van der Waals surface area (Å²) in [4.78, 5) is 22.4. The molecule has 6 nitrogen and oxygen atoms in total. The zero-order chi connectivity index (χ0) is 25.8. The molecule has 0 aliphatic rings. The monoisotopic (exact) mass is 485 g/mol. The lowest BCUT2D eigenvalue weighted by Crippen LogP contribution is -2.21. The van der Waals surface area contributed by atoms with Crippen molar-refractivity contribution in [2.24, 2.45) is 0 Å². The Labute approximate surface area is 213 Å². The number of carbonyl (C=O) groups is 1. The molecule has 0 N–H and O–H groups in total. The second kappa shape index (κ2) is 10.9. The SMILES string of the molecule is CCCc1cc(Cn2c(CC)nc3c(C)cc(C)nc32)ccc1OC(C(=O)OC)c1ccccc1C. The topological polar surface area (TPSA) is 66.2 Å². The number of nitrogens with zero attached hydrogens (tertiary/aromatic N) is 3. The third-order valence-corrected chi connectivity index (χ3v) is 6.53. The second-order valence-electron chi connectivity index (χ2n) is 9.29. The van der Waals surface area contributed by atoms with Crippen LogP contribution in [-0.2, 0) is 28.9 Å². The van der Waals surface area contributed by atoms with Gasteiger partial charge in [0.1, 0.15) is 17.1 Å². The van der Waals surface area contributed by atoms with Gasteiger partial charge in [-0.1, -0.05) is 56.7 Å². The van der Waals surface area contributed by atoms with Gasteiger partial charge in [-0.05, 0) is 61.6 Å². The minimum Gasteiger partial charge on any atom is -0.474 e. The number of benzene rings is 2. The fraction of sp³-hybridized carbons (Fsp3) is 0.367. The first kappa shape index (κ1) is 25.4. The molecule has 0 saturated carbocycles. The number of aryl methyl sites for hydroxylation is 5. The fourth-order valence-corrected chi connectivity index (χ4v) is 4.73.